The second-order valence-corrected chi connectivity index (χ2v) is 6.94. The Labute approximate surface area is 133 Å². The van der Waals surface area contributed by atoms with E-state index in [1.54, 1.807) is 6.92 Å². The van der Waals surface area contributed by atoms with Gasteiger partial charge in [-0.05, 0) is 44.3 Å². The van der Waals surface area contributed by atoms with E-state index in [0.717, 1.165) is 29.9 Å². The van der Waals surface area contributed by atoms with Gasteiger partial charge in [0.05, 0.1) is 5.56 Å². The van der Waals surface area contributed by atoms with Crippen molar-refractivity contribution >= 4 is 40.1 Å². The molecule has 0 atom stereocenters. The van der Waals surface area contributed by atoms with Gasteiger partial charge in [-0.3, -0.25) is 5.32 Å². The molecule has 1 aromatic rings. The molecule has 0 unspecified atom stereocenters. The number of hydrogen-bond donors (Lipinski definition) is 3. The van der Waals surface area contributed by atoms with E-state index in [4.69, 9.17) is 0 Å². The number of anilines is 1. The Bertz CT molecular complexity index is 501. The zero-order valence-electron chi connectivity index (χ0n) is 12.6. The largest absolute Gasteiger partial charge is 0.478 e. The monoisotopic (exact) mass is 330 g/mol. The standard InChI is InChI=1S/C14H22N2O3S2/c1-9-10(2)21-12(11(9)13(17)18)16-14(19)15-7-5-4-6-8-20-3/h4-8H2,1-3H3,(H,17,18)(H2,15,16,19). The molecule has 0 fully saturated rings. The summed E-state index contributed by atoms with van der Waals surface area (Å²) in [5, 5.41) is 15.0. The second-order valence-electron chi connectivity index (χ2n) is 4.73. The van der Waals surface area contributed by atoms with Crippen LogP contribution in [-0.4, -0.2) is 35.7 Å². The van der Waals surface area contributed by atoms with Gasteiger partial charge in [-0.2, -0.15) is 11.8 Å². The van der Waals surface area contributed by atoms with Gasteiger partial charge in [0.1, 0.15) is 5.00 Å². The molecule has 3 N–H and O–H groups in total. The lowest BCUT2D eigenvalue weighted by molar-refractivity contribution is 0.0697. The molecule has 2 amide bonds. The molecule has 0 aromatic carbocycles. The van der Waals surface area contributed by atoms with Crippen LogP contribution in [0.15, 0.2) is 0 Å². The highest BCUT2D eigenvalue weighted by atomic mass is 32.2. The number of nitrogens with one attached hydrogen (secondary N) is 2. The number of carboxylic acids is 1. The number of aryl methyl sites for hydroxylation is 1. The van der Waals surface area contributed by atoms with Crippen LogP contribution < -0.4 is 10.6 Å². The van der Waals surface area contributed by atoms with E-state index in [2.05, 4.69) is 16.9 Å². The lowest BCUT2D eigenvalue weighted by atomic mass is 10.1. The predicted octanol–water partition coefficient (Wildman–Crippen LogP) is 3.72. The van der Waals surface area contributed by atoms with Crippen LogP contribution >= 0.6 is 23.1 Å². The van der Waals surface area contributed by atoms with E-state index >= 15 is 0 Å². The third-order valence-electron chi connectivity index (χ3n) is 3.14. The number of unbranched alkanes of at least 4 members (excludes halogenated alkanes) is 2. The predicted molar refractivity (Wildman–Crippen MR) is 90.0 cm³/mol. The number of aromatic carboxylic acids is 1. The van der Waals surface area contributed by atoms with Gasteiger partial charge >= 0.3 is 12.0 Å². The molecule has 1 rings (SSSR count). The lowest BCUT2D eigenvalue weighted by Crippen LogP contribution is -2.29. The van der Waals surface area contributed by atoms with Gasteiger partial charge in [-0.1, -0.05) is 6.42 Å². The van der Waals surface area contributed by atoms with Gasteiger partial charge < -0.3 is 10.4 Å². The average Bonchev–Trinajstić information content (AvgIpc) is 2.68. The van der Waals surface area contributed by atoms with Crippen molar-refractivity contribution < 1.29 is 14.7 Å². The molecule has 0 spiro atoms. The van der Waals surface area contributed by atoms with E-state index in [-0.39, 0.29) is 11.6 Å². The quantitative estimate of drug-likeness (QED) is 0.635. The number of rotatable bonds is 8. The molecule has 1 heterocycles. The SMILES string of the molecule is CSCCCCCNC(=O)Nc1sc(C)c(C)c1C(=O)O. The minimum Gasteiger partial charge on any atom is -0.478 e. The normalized spacial score (nSPS) is 10.4. The fourth-order valence-electron chi connectivity index (χ4n) is 1.87. The van der Waals surface area contributed by atoms with Crippen molar-refractivity contribution in [1.82, 2.24) is 5.32 Å². The molecular formula is C14H22N2O3S2. The maximum absolute atomic E-state index is 11.8. The summed E-state index contributed by atoms with van der Waals surface area (Å²) in [4.78, 5) is 23.9. The highest BCUT2D eigenvalue weighted by molar-refractivity contribution is 7.98. The summed E-state index contributed by atoms with van der Waals surface area (Å²) in [6.07, 6.45) is 5.24. The molecule has 0 radical (unpaired) electrons. The molecule has 5 nitrogen and oxygen atoms in total. The first-order valence-corrected chi connectivity index (χ1v) is 9.05. The zero-order chi connectivity index (χ0) is 15.8. The minimum absolute atomic E-state index is 0.188. The number of hydrogen-bond acceptors (Lipinski definition) is 4. The number of carboxylic acid groups (broad SMARTS) is 1. The molecule has 0 bridgehead atoms. The van der Waals surface area contributed by atoms with Crippen molar-refractivity contribution in [2.24, 2.45) is 0 Å². The summed E-state index contributed by atoms with van der Waals surface area (Å²) in [6.45, 7) is 4.21. The Morgan fingerprint density at radius 3 is 2.57 bits per heavy atom. The third kappa shape index (κ3) is 5.59. The van der Waals surface area contributed by atoms with Crippen molar-refractivity contribution in [3.63, 3.8) is 0 Å². The first-order chi connectivity index (χ1) is 9.97. The fraction of sp³-hybridized carbons (Fsp3) is 0.571. The van der Waals surface area contributed by atoms with Crippen LogP contribution in [0, 0.1) is 13.8 Å². The first kappa shape index (κ1) is 17.8. The van der Waals surface area contributed by atoms with Crippen LogP contribution in [0.4, 0.5) is 9.80 Å². The molecule has 1 aromatic heterocycles. The van der Waals surface area contributed by atoms with Crippen LogP contribution in [-0.2, 0) is 0 Å². The lowest BCUT2D eigenvalue weighted by Gasteiger charge is -2.07. The second kappa shape index (κ2) is 8.94. The maximum atomic E-state index is 11.8. The molecule has 0 aliphatic rings. The molecular weight excluding hydrogens is 308 g/mol. The minimum atomic E-state index is -1.01. The highest BCUT2D eigenvalue weighted by Crippen LogP contribution is 2.32. The van der Waals surface area contributed by atoms with Gasteiger partial charge in [0.15, 0.2) is 0 Å². The Hall–Kier alpha value is -1.21. The molecule has 0 saturated carbocycles. The number of carbonyl (C=O) groups excluding carboxylic acids is 1. The summed E-state index contributed by atoms with van der Waals surface area (Å²) in [6, 6.07) is -0.344. The van der Waals surface area contributed by atoms with Crippen molar-refractivity contribution in [3.05, 3.63) is 16.0 Å². The van der Waals surface area contributed by atoms with Gasteiger partial charge in [0.25, 0.3) is 0 Å². The van der Waals surface area contributed by atoms with E-state index in [1.807, 2.05) is 18.7 Å². The summed E-state index contributed by atoms with van der Waals surface area (Å²) in [5.41, 5.74) is 0.896. The van der Waals surface area contributed by atoms with Crippen LogP contribution in [0.3, 0.4) is 0 Å². The summed E-state index contributed by atoms with van der Waals surface area (Å²) in [7, 11) is 0. The van der Waals surface area contributed by atoms with Crippen molar-refractivity contribution in [3.8, 4) is 0 Å². The van der Waals surface area contributed by atoms with Gasteiger partial charge in [-0.15, -0.1) is 11.3 Å². The Morgan fingerprint density at radius 1 is 1.24 bits per heavy atom. The number of thiophene rings is 1. The molecule has 0 saturated heterocycles. The van der Waals surface area contributed by atoms with E-state index < -0.39 is 5.97 Å². The molecule has 0 aliphatic carbocycles. The summed E-state index contributed by atoms with van der Waals surface area (Å²) >= 11 is 3.11. The van der Waals surface area contributed by atoms with Gasteiger partial charge in [0, 0.05) is 11.4 Å². The third-order valence-corrected chi connectivity index (χ3v) is 4.96. The van der Waals surface area contributed by atoms with Gasteiger partial charge in [-0.25, -0.2) is 9.59 Å². The number of carbonyl (C=O) groups is 2. The Morgan fingerprint density at radius 2 is 1.95 bits per heavy atom. The van der Waals surface area contributed by atoms with Crippen LogP contribution in [0.5, 0.6) is 0 Å². The highest BCUT2D eigenvalue weighted by Gasteiger charge is 2.19. The Kier molecular flexibility index (Phi) is 7.60. The van der Waals surface area contributed by atoms with Crippen molar-refractivity contribution in [2.45, 2.75) is 33.1 Å². The molecule has 7 heteroatoms. The number of thioether (sulfide) groups is 1. The van der Waals surface area contributed by atoms with Gasteiger partial charge in [0.2, 0.25) is 0 Å². The molecule has 118 valence electrons. The maximum Gasteiger partial charge on any atom is 0.338 e. The smallest absolute Gasteiger partial charge is 0.338 e. The topological polar surface area (TPSA) is 78.4 Å². The fourth-order valence-corrected chi connectivity index (χ4v) is 3.41. The van der Waals surface area contributed by atoms with E-state index in [1.165, 1.54) is 11.3 Å². The Balaban J connectivity index is 2.45. The molecule has 21 heavy (non-hydrogen) atoms. The first-order valence-electron chi connectivity index (χ1n) is 6.84. The molecule has 0 aliphatic heterocycles. The number of amides is 2. The van der Waals surface area contributed by atoms with E-state index in [0.29, 0.717) is 17.1 Å². The number of urea groups is 1. The van der Waals surface area contributed by atoms with E-state index in [9.17, 15) is 14.7 Å². The average molecular weight is 330 g/mol. The zero-order valence-corrected chi connectivity index (χ0v) is 14.2. The van der Waals surface area contributed by atoms with Crippen LogP contribution in [0.2, 0.25) is 0 Å². The van der Waals surface area contributed by atoms with Crippen molar-refractivity contribution in [2.75, 3.05) is 23.9 Å². The van der Waals surface area contributed by atoms with Crippen LogP contribution in [0.1, 0.15) is 40.1 Å². The van der Waals surface area contributed by atoms with Crippen molar-refractivity contribution in [1.29, 1.82) is 0 Å². The summed E-state index contributed by atoms with van der Waals surface area (Å²) in [5.74, 6) is 0.131. The summed E-state index contributed by atoms with van der Waals surface area (Å²) < 4.78 is 0. The van der Waals surface area contributed by atoms with Crippen LogP contribution in [0.25, 0.3) is 0 Å².